The number of fused-ring (bicyclic) bond motifs is 2. The molecule has 3 N–H and O–H groups in total. The van der Waals surface area contributed by atoms with Crippen LogP contribution in [0.5, 0.6) is 0 Å². The van der Waals surface area contributed by atoms with Crippen LogP contribution in [0.3, 0.4) is 0 Å². The molecule has 1 saturated carbocycles. The van der Waals surface area contributed by atoms with E-state index in [1.54, 1.807) is 30.9 Å². The number of nitrogens with zero attached hydrogens (tertiary/aromatic N) is 5. The number of carbonyl (C=O) groups is 5. The van der Waals surface area contributed by atoms with Gasteiger partial charge in [0, 0.05) is 45.8 Å². The number of carboxylic acid groups (broad SMARTS) is 1. The second-order valence-corrected chi connectivity index (χ2v) is 18.2. The maximum Gasteiger partial charge on any atom is 0.408 e. The molecule has 3 aliphatic rings. The molecule has 6 rings (SSSR count). The van der Waals surface area contributed by atoms with Crippen LogP contribution in [0.2, 0.25) is 0 Å². The number of methoxy groups -OCH3 is 2. The second kappa shape index (κ2) is 21.6. The summed E-state index contributed by atoms with van der Waals surface area (Å²) in [5.74, 6) is -1.82. The molecule has 3 fully saturated rings. The number of benzene rings is 2. The van der Waals surface area contributed by atoms with Gasteiger partial charge in [0.1, 0.15) is 18.1 Å². The lowest BCUT2D eigenvalue weighted by molar-refractivity contribution is -0.148. The van der Waals surface area contributed by atoms with Crippen LogP contribution in [-0.4, -0.2) is 130 Å². The lowest BCUT2D eigenvalue weighted by atomic mass is 9.89. The Morgan fingerprint density at radius 2 is 1.61 bits per heavy atom. The number of rotatable bonds is 20. The van der Waals surface area contributed by atoms with E-state index in [1.807, 2.05) is 88.4 Å². The topological polar surface area (TPSA) is 197 Å². The van der Waals surface area contributed by atoms with E-state index < -0.39 is 60.3 Å². The Labute approximate surface area is 376 Å². The standard InChI is InChI=1S/C48H67N7O9/c1-9-29(4)40(53(6)47(59)39(28(2)3)50-44(58)41-33-22-23-34(26-33)55(41)48(60)61)37(62-7)27-38(56)54-24-16-21-36(54)42(63-8)30(5)43(57)49-35(25-31-17-12-10-13-18-31)46-52-51-45(64-46)32-19-14-11-15-20-32/h10-15,17-20,28-30,33-37,39-42H,9,16,21-27H2,1-8H3,(H,49,57)(H,50,58)(H,60,61)/t29-,30+,33-,34+,35-,36-,37+,39-,40-,41-,42+/m0/s1. The molecular weight excluding hydrogens is 819 g/mol. The van der Waals surface area contributed by atoms with Crippen LogP contribution in [0, 0.1) is 23.7 Å². The molecular formula is C48H67N7O9. The lowest BCUT2D eigenvalue weighted by Crippen LogP contribution is -2.60. The number of likely N-dealkylation sites (tertiary alicyclic amines) is 2. The van der Waals surface area contributed by atoms with Gasteiger partial charge in [-0.25, -0.2) is 4.79 Å². The largest absolute Gasteiger partial charge is 0.465 e. The van der Waals surface area contributed by atoms with Crippen molar-refractivity contribution in [2.24, 2.45) is 23.7 Å². The Morgan fingerprint density at radius 1 is 0.922 bits per heavy atom. The molecule has 1 aromatic heterocycles. The highest BCUT2D eigenvalue weighted by molar-refractivity contribution is 5.92. The predicted molar refractivity (Wildman–Crippen MR) is 238 cm³/mol. The minimum Gasteiger partial charge on any atom is -0.465 e. The Morgan fingerprint density at radius 3 is 2.23 bits per heavy atom. The maximum atomic E-state index is 14.5. The summed E-state index contributed by atoms with van der Waals surface area (Å²) in [6.07, 6.45) is 2.07. The van der Waals surface area contributed by atoms with E-state index in [4.69, 9.17) is 13.9 Å². The third kappa shape index (κ3) is 10.6. The monoisotopic (exact) mass is 886 g/mol. The van der Waals surface area contributed by atoms with Crippen LogP contribution >= 0.6 is 0 Å². The van der Waals surface area contributed by atoms with Crippen molar-refractivity contribution in [2.75, 3.05) is 27.8 Å². The summed E-state index contributed by atoms with van der Waals surface area (Å²) in [7, 11) is 4.77. The summed E-state index contributed by atoms with van der Waals surface area (Å²) >= 11 is 0. The Balaban J connectivity index is 1.15. The third-order valence-electron chi connectivity index (χ3n) is 13.9. The lowest BCUT2D eigenvalue weighted by Gasteiger charge is -2.41. The van der Waals surface area contributed by atoms with Crippen LogP contribution in [0.4, 0.5) is 4.79 Å². The average Bonchev–Trinajstić information content (AvgIpc) is 4.14. The Hall–Kier alpha value is -5.35. The number of ether oxygens (including phenoxy) is 2. The quantitative estimate of drug-likeness (QED) is 0.125. The van der Waals surface area contributed by atoms with Gasteiger partial charge >= 0.3 is 6.09 Å². The van der Waals surface area contributed by atoms with Crippen molar-refractivity contribution in [3.8, 4) is 11.5 Å². The first-order valence-electron chi connectivity index (χ1n) is 22.8. The van der Waals surface area contributed by atoms with Crippen molar-refractivity contribution in [3.05, 3.63) is 72.1 Å². The van der Waals surface area contributed by atoms with Crippen molar-refractivity contribution in [3.63, 3.8) is 0 Å². The minimum absolute atomic E-state index is 0.0336. The van der Waals surface area contributed by atoms with Gasteiger partial charge in [0.05, 0.1) is 36.6 Å². The van der Waals surface area contributed by atoms with E-state index in [0.29, 0.717) is 44.5 Å². The number of piperidine rings is 1. The molecule has 3 heterocycles. The fourth-order valence-corrected chi connectivity index (χ4v) is 10.3. The van der Waals surface area contributed by atoms with E-state index >= 15 is 0 Å². The van der Waals surface area contributed by atoms with Crippen molar-refractivity contribution in [1.82, 2.24) is 35.5 Å². The third-order valence-corrected chi connectivity index (χ3v) is 13.9. The van der Waals surface area contributed by atoms with Gasteiger partial charge in [-0.15, -0.1) is 10.2 Å². The number of carbonyl (C=O) groups excluding carboxylic acids is 4. The fraction of sp³-hybridized carbons (Fsp3) is 0.604. The summed E-state index contributed by atoms with van der Waals surface area (Å²) in [6, 6.07) is 15.6. The normalized spacial score (nSPS) is 22.6. The van der Waals surface area contributed by atoms with Crippen LogP contribution in [0.25, 0.3) is 11.5 Å². The molecule has 16 heteroatoms. The number of aromatic nitrogens is 2. The van der Waals surface area contributed by atoms with Crippen molar-refractivity contribution in [1.29, 1.82) is 0 Å². The van der Waals surface area contributed by atoms with Crippen molar-refractivity contribution >= 4 is 29.7 Å². The van der Waals surface area contributed by atoms with Gasteiger partial charge < -0.3 is 39.4 Å². The van der Waals surface area contributed by atoms with E-state index in [2.05, 4.69) is 20.8 Å². The smallest absolute Gasteiger partial charge is 0.408 e. The summed E-state index contributed by atoms with van der Waals surface area (Å²) in [5.41, 5.74) is 1.73. The highest BCUT2D eigenvalue weighted by atomic mass is 16.5. The first-order valence-corrected chi connectivity index (χ1v) is 22.8. The number of hydrogen-bond acceptors (Lipinski definition) is 10. The van der Waals surface area contributed by atoms with Gasteiger partial charge in [-0.05, 0) is 67.6 Å². The van der Waals surface area contributed by atoms with Gasteiger partial charge in [-0.2, -0.15) is 0 Å². The molecule has 348 valence electrons. The molecule has 2 saturated heterocycles. The Kier molecular flexibility index (Phi) is 16.2. The van der Waals surface area contributed by atoms with Crippen LogP contribution in [-0.2, 0) is 35.1 Å². The maximum absolute atomic E-state index is 14.5. The van der Waals surface area contributed by atoms with Crippen molar-refractivity contribution < 1.29 is 43.0 Å². The summed E-state index contributed by atoms with van der Waals surface area (Å²) < 4.78 is 18.3. The molecule has 1 aliphatic carbocycles. The molecule has 2 bridgehead atoms. The second-order valence-electron chi connectivity index (χ2n) is 18.2. The Bertz CT molecular complexity index is 2050. The van der Waals surface area contributed by atoms with E-state index in [1.165, 1.54) is 12.0 Å². The zero-order chi connectivity index (χ0) is 46.2. The first kappa shape index (κ1) is 48.1. The zero-order valence-corrected chi connectivity index (χ0v) is 38.5. The SMILES string of the molecule is CC[C@H](C)[C@@H]([C@@H](CC(=O)N1CCC[C@H]1[C@H](OC)[C@@H](C)C(=O)N[C@@H](Cc1ccccc1)c1nnc(-c2ccccc2)o1)OC)N(C)C(=O)[C@@H](NC(=O)[C@@H]1[C@H]2CC[C@H](C2)N1C(=O)O)C(C)C. The van der Waals surface area contributed by atoms with E-state index in [0.717, 1.165) is 24.0 Å². The van der Waals surface area contributed by atoms with Crippen LogP contribution in [0.15, 0.2) is 65.1 Å². The molecule has 3 aromatic rings. The van der Waals surface area contributed by atoms with Gasteiger partial charge in [-0.3, -0.25) is 24.1 Å². The van der Waals surface area contributed by atoms with Gasteiger partial charge in [-0.1, -0.05) is 89.6 Å². The van der Waals surface area contributed by atoms with Crippen LogP contribution < -0.4 is 10.6 Å². The fourth-order valence-electron chi connectivity index (χ4n) is 10.3. The molecule has 0 radical (unpaired) electrons. The average molecular weight is 886 g/mol. The molecule has 16 nitrogen and oxygen atoms in total. The minimum atomic E-state index is -1.12. The van der Waals surface area contributed by atoms with E-state index in [-0.39, 0.29) is 53.8 Å². The highest BCUT2D eigenvalue weighted by Crippen LogP contribution is 2.42. The van der Waals surface area contributed by atoms with Gasteiger partial charge in [0.25, 0.3) is 0 Å². The predicted octanol–water partition coefficient (Wildman–Crippen LogP) is 5.73. The molecule has 2 aliphatic heterocycles. The molecule has 5 amide bonds. The summed E-state index contributed by atoms with van der Waals surface area (Å²) in [5, 5.41) is 24.7. The first-order chi connectivity index (χ1) is 30.7. The van der Waals surface area contributed by atoms with E-state index in [9.17, 15) is 29.1 Å². The molecule has 0 spiro atoms. The van der Waals surface area contributed by atoms with Crippen molar-refractivity contribution in [2.45, 2.75) is 134 Å². The molecule has 2 aromatic carbocycles. The number of likely N-dealkylation sites (N-methyl/N-ethyl adjacent to an activating group) is 1. The number of nitrogens with one attached hydrogen (secondary N) is 2. The number of amides is 5. The summed E-state index contributed by atoms with van der Waals surface area (Å²) in [6.45, 7) is 9.98. The molecule has 0 unspecified atom stereocenters. The van der Waals surface area contributed by atoms with Gasteiger partial charge in [0.15, 0.2) is 0 Å². The van der Waals surface area contributed by atoms with Gasteiger partial charge in [0.2, 0.25) is 35.4 Å². The zero-order valence-electron chi connectivity index (χ0n) is 38.5. The number of hydrogen-bond donors (Lipinski definition) is 3. The molecule has 11 atom stereocenters. The molecule has 64 heavy (non-hydrogen) atoms. The van der Waals surface area contributed by atoms with Crippen LogP contribution in [0.1, 0.15) is 97.1 Å². The highest BCUT2D eigenvalue weighted by Gasteiger charge is 2.52. The summed E-state index contributed by atoms with van der Waals surface area (Å²) in [4.78, 5) is 73.7.